The van der Waals surface area contributed by atoms with Gasteiger partial charge >= 0.3 is 5.69 Å². The van der Waals surface area contributed by atoms with Crippen LogP contribution in [0.25, 0.3) is 22.5 Å². The van der Waals surface area contributed by atoms with Gasteiger partial charge in [-0.15, -0.1) is 5.10 Å². The van der Waals surface area contributed by atoms with Gasteiger partial charge in [-0.25, -0.2) is 9.78 Å². The van der Waals surface area contributed by atoms with E-state index < -0.39 is 0 Å². The Morgan fingerprint density at radius 1 is 1.12 bits per heavy atom. The Morgan fingerprint density at radius 3 is 2.69 bits per heavy atom. The van der Waals surface area contributed by atoms with E-state index in [1.165, 1.54) is 0 Å². The second-order valence-electron chi connectivity index (χ2n) is 6.15. The van der Waals surface area contributed by atoms with Gasteiger partial charge in [0.2, 0.25) is 5.95 Å². The zero-order valence-electron chi connectivity index (χ0n) is 14.7. The lowest BCUT2D eigenvalue weighted by Crippen LogP contribution is -2.19. The van der Waals surface area contributed by atoms with Crippen molar-refractivity contribution in [2.24, 2.45) is 14.1 Å². The van der Waals surface area contributed by atoms with E-state index in [-0.39, 0.29) is 5.69 Å². The maximum atomic E-state index is 12.0. The number of aryl methyl sites for hydroxylation is 3. The number of hydrogen-bond acceptors (Lipinski definition) is 6. The van der Waals surface area contributed by atoms with E-state index in [4.69, 9.17) is 4.42 Å². The van der Waals surface area contributed by atoms with Gasteiger partial charge in [0.1, 0.15) is 11.5 Å². The number of hydrogen-bond donors (Lipinski definition) is 1. The van der Waals surface area contributed by atoms with E-state index in [1.807, 2.05) is 37.3 Å². The number of aromatic nitrogens is 5. The lowest BCUT2D eigenvalue weighted by atomic mass is 10.2. The van der Waals surface area contributed by atoms with Gasteiger partial charge in [0.15, 0.2) is 5.76 Å². The first-order chi connectivity index (χ1) is 12.5. The summed E-state index contributed by atoms with van der Waals surface area (Å²) in [6, 6.07) is 9.63. The Hall–Kier alpha value is -3.42. The first kappa shape index (κ1) is 16.1. The SMILES string of the molecule is Cc1ccc(-c2cnnc(NCc3ccc4c(c3)n(C)c(=O)n4C)n2)o1. The lowest BCUT2D eigenvalue weighted by molar-refractivity contribution is 0.545. The third kappa shape index (κ3) is 2.75. The molecule has 0 unspecified atom stereocenters. The van der Waals surface area contributed by atoms with Crippen LogP contribution in [-0.4, -0.2) is 24.3 Å². The summed E-state index contributed by atoms with van der Waals surface area (Å²) in [4.78, 5) is 16.5. The van der Waals surface area contributed by atoms with Gasteiger partial charge in [0, 0.05) is 20.6 Å². The summed E-state index contributed by atoms with van der Waals surface area (Å²) in [6.45, 7) is 2.39. The van der Waals surface area contributed by atoms with Crippen LogP contribution in [0.5, 0.6) is 0 Å². The van der Waals surface area contributed by atoms with Crippen LogP contribution in [0.3, 0.4) is 0 Å². The molecular weight excluding hydrogens is 332 g/mol. The molecule has 0 radical (unpaired) electrons. The fourth-order valence-electron chi connectivity index (χ4n) is 2.91. The molecule has 0 aliphatic heterocycles. The minimum atomic E-state index is -0.0425. The van der Waals surface area contributed by atoms with Crippen molar-refractivity contribution in [3.05, 3.63) is 58.3 Å². The van der Waals surface area contributed by atoms with E-state index in [0.29, 0.717) is 23.9 Å². The highest BCUT2D eigenvalue weighted by Gasteiger charge is 2.09. The van der Waals surface area contributed by atoms with Crippen LogP contribution in [0.4, 0.5) is 5.95 Å². The second-order valence-corrected chi connectivity index (χ2v) is 6.15. The molecule has 0 aliphatic carbocycles. The topological polar surface area (TPSA) is 90.8 Å². The number of rotatable bonds is 4. The average molecular weight is 350 g/mol. The minimum Gasteiger partial charge on any atom is -0.460 e. The number of benzene rings is 1. The van der Waals surface area contributed by atoms with Gasteiger partial charge in [-0.05, 0) is 36.8 Å². The normalized spacial score (nSPS) is 11.2. The first-order valence-corrected chi connectivity index (χ1v) is 8.17. The van der Waals surface area contributed by atoms with Crippen molar-refractivity contribution < 1.29 is 4.42 Å². The summed E-state index contributed by atoms with van der Waals surface area (Å²) < 4.78 is 8.84. The van der Waals surface area contributed by atoms with Crippen molar-refractivity contribution in [1.29, 1.82) is 0 Å². The van der Waals surface area contributed by atoms with Crippen LogP contribution in [-0.2, 0) is 20.6 Å². The molecule has 3 heterocycles. The molecule has 26 heavy (non-hydrogen) atoms. The highest BCUT2D eigenvalue weighted by Crippen LogP contribution is 2.20. The van der Waals surface area contributed by atoms with E-state index in [2.05, 4.69) is 20.5 Å². The monoisotopic (exact) mass is 350 g/mol. The van der Waals surface area contributed by atoms with E-state index in [1.54, 1.807) is 29.4 Å². The summed E-state index contributed by atoms with van der Waals surface area (Å²) in [5.74, 6) is 1.88. The van der Waals surface area contributed by atoms with E-state index in [0.717, 1.165) is 22.4 Å². The van der Waals surface area contributed by atoms with Gasteiger partial charge in [0.05, 0.1) is 17.2 Å². The molecule has 8 heteroatoms. The van der Waals surface area contributed by atoms with Gasteiger partial charge in [0.25, 0.3) is 0 Å². The molecule has 3 aromatic heterocycles. The number of imidazole rings is 1. The third-order valence-electron chi connectivity index (χ3n) is 4.34. The van der Waals surface area contributed by atoms with Gasteiger partial charge in [-0.2, -0.15) is 5.10 Å². The zero-order chi connectivity index (χ0) is 18.3. The number of nitrogens with zero attached hydrogens (tertiary/aromatic N) is 5. The van der Waals surface area contributed by atoms with Crippen LogP contribution in [0, 0.1) is 6.92 Å². The van der Waals surface area contributed by atoms with Crippen LogP contribution in [0.2, 0.25) is 0 Å². The Bertz CT molecular complexity index is 1150. The molecule has 0 fully saturated rings. The molecule has 4 aromatic rings. The highest BCUT2D eigenvalue weighted by atomic mass is 16.3. The lowest BCUT2D eigenvalue weighted by Gasteiger charge is -2.06. The van der Waals surface area contributed by atoms with E-state index >= 15 is 0 Å². The van der Waals surface area contributed by atoms with Crippen LogP contribution >= 0.6 is 0 Å². The maximum Gasteiger partial charge on any atom is 0.328 e. The molecule has 1 aromatic carbocycles. The minimum absolute atomic E-state index is 0.0425. The smallest absolute Gasteiger partial charge is 0.328 e. The van der Waals surface area contributed by atoms with Gasteiger partial charge in [-0.1, -0.05) is 6.07 Å². The van der Waals surface area contributed by atoms with Gasteiger partial charge in [-0.3, -0.25) is 9.13 Å². The Labute approximate surface area is 149 Å². The van der Waals surface area contributed by atoms with Crippen molar-refractivity contribution >= 4 is 17.0 Å². The Balaban J connectivity index is 1.57. The van der Waals surface area contributed by atoms with Crippen molar-refractivity contribution in [2.45, 2.75) is 13.5 Å². The standard InChI is InChI=1S/C18H18N6O2/c1-11-4-7-16(26-11)13-10-20-22-17(21-13)19-9-12-5-6-14-15(8-12)24(3)18(25)23(14)2/h4-8,10H,9H2,1-3H3,(H,19,21,22). The molecule has 0 spiro atoms. The molecule has 0 saturated carbocycles. The summed E-state index contributed by atoms with van der Waals surface area (Å²) in [7, 11) is 3.54. The summed E-state index contributed by atoms with van der Waals surface area (Å²) in [6.07, 6.45) is 1.56. The number of nitrogens with one attached hydrogen (secondary N) is 1. The van der Waals surface area contributed by atoms with Crippen molar-refractivity contribution in [2.75, 3.05) is 5.32 Å². The summed E-state index contributed by atoms with van der Waals surface area (Å²) in [5.41, 5.74) is 3.38. The number of furan rings is 1. The number of fused-ring (bicyclic) bond motifs is 1. The van der Waals surface area contributed by atoms with E-state index in [9.17, 15) is 4.79 Å². The molecule has 0 bridgehead atoms. The summed E-state index contributed by atoms with van der Waals surface area (Å²) >= 11 is 0. The molecule has 0 aliphatic rings. The Morgan fingerprint density at radius 2 is 1.92 bits per heavy atom. The number of anilines is 1. The quantitative estimate of drug-likeness (QED) is 0.607. The predicted molar refractivity (Wildman–Crippen MR) is 97.8 cm³/mol. The second kappa shape index (κ2) is 6.14. The molecular formula is C18H18N6O2. The van der Waals surface area contributed by atoms with Crippen molar-refractivity contribution in [3.8, 4) is 11.5 Å². The van der Waals surface area contributed by atoms with Crippen LogP contribution < -0.4 is 11.0 Å². The maximum absolute atomic E-state index is 12.0. The molecule has 0 saturated heterocycles. The third-order valence-corrected chi connectivity index (χ3v) is 4.34. The van der Waals surface area contributed by atoms with Crippen molar-refractivity contribution in [3.63, 3.8) is 0 Å². The van der Waals surface area contributed by atoms with Crippen molar-refractivity contribution in [1.82, 2.24) is 24.3 Å². The van der Waals surface area contributed by atoms with Gasteiger partial charge < -0.3 is 9.73 Å². The zero-order valence-corrected chi connectivity index (χ0v) is 14.7. The molecule has 0 atom stereocenters. The summed E-state index contributed by atoms with van der Waals surface area (Å²) in [5, 5.41) is 11.2. The molecule has 0 amide bonds. The fraction of sp³-hybridized carbons (Fsp3) is 0.222. The van der Waals surface area contributed by atoms with Crippen LogP contribution in [0.15, 0.2) is 45.7 Å². The average Bonchev–Trinajstić information content (AvgIpc) is 3.18. The molecule has 132 valence electrons. The molecule has 4 rings (SSSR count). The fourth-order valence-corrected chi connectivity index (χ4v) is 2.91. The molecule has 1 N–H and O–H groups in total. The predicted octanol–water partition coefficient (Wildman–Crippen LogP) is 2.24. The van der Waals surface area contributed by atoms with Crippen LogP contribution in [0.1, 0.15) is 11.3 Å². The largest absolute Gasteiger partial charge is 0.460 e. The molecule has 8 nitrogen and oxygen atoms in total. The highest BCUT2D eigenvalue weighted by molar-refractivity contribution is 5.76. The Kier molecular flexibility index (Phi) is 3.80. The first-order valence-electron chi connectivity index (χ1n) is 8.17.